The largest absolute Gasteiger partial charge is 0.493 e. The molecule has 0 atom stereocenters. The molecular formula is C24H32F2N6O3. The highest BCUT2D eigenvalue weighted by Crippen LogP contribution is 2.41. The summed E-state index contributed by atoms with van der Waals surface area (Å²) in [5.41, 5.74) is 7.02. The molecule has 0 aliphatic carbocycles. The van der Waals surface area contributed by atoms with Gasteiger partial charge in [-0.05, 0) is 36.8 Å². The van der Waals surface area contributed by atoms with E-state index in [0.717, 1.165) is 18.0 Å². The molecule has 6 N–H and O–H groups in total. The fraction of sp³-hybridized carbons (Fsp3) is 0.250. The predicted molar refractivity (Wildman–Crippen MR) is 135 cm³/mol. The van der Waals surface area contributed by atoms with Gasteiger partial charge in [-0.15, -0.1) is 0 Å². The maximum Gasteiger partial charge on any atom is 0.203 e. The van der Waals surface area contributed by atoms with Gasteiger partial charge in [-0.2, -0.15) is 5.10 Å². The van der Waals surface area contributed by atoms with Crippen LogP contribution in [0.15, 0.2) is 65.6 Å². The first-order valence-corrected chi connectivity index (χ1v) is 10.5. The first-order valence-electron chi connectivity index (χ1n) is 10.5. The van der Waals surface area contributed by atoms with E-state index in [9.17, 15) is 8.78 Å². The van der Waals surface area contributed by atoms with Gasteiger partial charge in [-0.3, -0.25) is 5.01 Å². The number of anilines is 1. The van der Waals surface area contributed by atoms with E-state index < -0.39 is 11.7 Å². The van der Waals surface area contributed by atoms with Gasteiger partial charge in [0.15, 0.2) is 23.2 Å². The fourth-order valence-electron chi connectivity index (χ4n) is 2.98. The van der Waals surface area contributed by atoms with Crippen LogP contribution in [0.5, 0.6) is 17.2 Å². The molecular weight excluding hydrogens is 458 g/mol. The van der Waals surface area contributed by atoms with Gasteiger partial charge in [0.05, 0.1) is 32.6 Å². The maximum atomic E-state index is 14.4. The molecule has 0 amide bonds. The van der Waals surface area contributed by atoms with Crippen LogP contribution in [0.25, 0.3) is 11.1 Å². The van der Waals surface area contributed by atoms with Gasteiger partial charge in [0.2, 0.25) is 5.75 Å². The minimum absolute atomic E-state index is 0.00477. The smallest absolute Gasteiger partial charge is 0.203 e. The molecule has 0 saturated carbocycles. The first-order chi connectivity index (χ1) is 16.7. The van der Waals surface area contributed by atoms with Crippen molar-refractivity contribution < 1.29 is 23.0 Å². The molecule has 11 heteroatoms. The van der Waals surface area contributed by atoms with E-state index in [1.165, 1.54) is 33.6 Å². The number of ether oxygens (including phenoxy) is 3. The number of allylic oxidation sites excluding steroid dienone is 4. The quantitative estimate of drug-likeness (QED) is 0.163. The summed E-state index contributed by atoms with van der Waals surface area (Å²) in [6.07, 6.45) is 3.90. The number of nitrogen functional groups attached to an aromatic ring is 1. The number of methoxy groups -OCH3 is 3. The number of halogens is 2. The third kappa shape index (κ3) is 6.48. The van der Waals surface area contributed by atoms with Gasteiger partial charge in [0.1, 0.15) is 11.6 Å². The summed E-state index contributed by atoms with van der Waals surface area (Å²) in [6, 6.07) is 5.00. The monoisotopic (exact) mass is 490 g/mol. The summed E-state index contributed by atoms with van der Waals surface area (Å²) in [7, 11) is 4.47. The van der Waals surface area contributed by atoms with Crippen LogP contribution in [0, 0.1) is 0 Å². The number of rotatable bonds is 8. The third-order valence-electron chi connectivity index (χ3n) is 4.57. The average molecular weight is 491 g/mol. The molecule has 2 rings (SSSR count). The lowest BCUT2D eigenvalue weighted by Crippen LogP contribution is -2.39. The maximum absolute atomic E-state index is 14.4. The van der Waals surface area contributed by atoms with Crippen LogP contribution in [0.4, 0.5) is 14.6 Å². The van der Waals surface area contributed by atoms with Crippen molar-refractivity contribution >= 4 is 11.7 Å². The van der Waals surface area contributed by atoms with Crippen LogP contribution < -0.4 is 31.6 Å². The number of aromatic nitrogens is 1. The van der Waals surface area contributed by atoms with Gasteiger partial charge in [-0.25, -0.2) is 19.6 Å². The third-order valence-corrected chi connectivity index (χ3v) is 4.57. The second kappa shape index (κ2) is 13.6. The summed E-state index contributed by atoms with van der Waals surface area (Å²) in [5.74, 6) is 10.4. The molecule has 1 aromatic heterocycles. The highest BCUT2D eigenvalue weighted by atomic mass is 19.2. The van der Waals surface area contributed by atoms with Crippen molar-refractivity contribution in [3.63, 3.8) is 0 Å². The van der Waals surface area contributed by atoms with Crippen molar-refractivity contribution in [1.29, 1.82) is 0 Å². The molecule has 9 nitrogen and oxygen atoms in total. The van der Waals surface area contributed by atoms with Gasteiger partial charge < -0.3 is 25.8 Å². The zero-order valence-corrected chi connectivity index (χ0v) is 20.7. The molecule has 1 heterocycles. The lowest BCUT2D eigenvalue weighted by Gasteiger charge is -2.23. The van der Waals surface area contributed by atoms with Crippen LogP contribution in [-0.4, -0.2) is 37.2 Å². The Bertz CT molecular complexity index is 1100. The number of nitrogens with zero attached hydrogens (tertiary/aromatic N) is 3. The number of amidine groups is 1. The number of hydrogen-bond acceptors (Lipinski definition) is 8. The topological polar surface area (TPSA) is 134 Å². The zero-order valence-electron chi connectivity index (χ0n) is 20.7. The Morgan fingerprint density at radius 2 is 1.63 bits per heavy atom. The lowest BCUT2D eigenvalue weighted by atomic mass is 10.0. The normalized spacial score (nSPS) is 12.1. The molecule has 0 aliphatic heterocycles. The van der Waals surface area contributed by atoms with E-state index in [1.807, 2.05) is 13.8 Å². The van der Waals surface area contributed by atoms with Crippen LogP contribution >= 0.6 is 0 Å². The molecule has 0 spiro atoms. The fourth-order valence-corrected chi connectivity index (χ4v) is 2.98. The molecule has 0 bridgehead atoms. The van der Waals surface area contributed by atoms with Crippen molar-refractivity contribution in [2.24, 2.45) is 16.8 Å². The second-order valence-electron chi connectivity index (χ2n) is 6.53. The van der Waals surface area contributed by atoms with Crippen LogP contribution in [0.2, 0.25) is 0 Å². The van der Waals surface area contributed by atoms with E-state index in [2.05, 4.69) is 16.7 Å². The summed E-state index contributed by atoms with van der Waals surface area (Å²) in [6.45, 7) is 8.43. The van der Waals surface area contributed by atoms with Gasteiger partial charge in [0.25, 0.3) is 0 Å². The SMILES string of the molecule is C=C/C=C(\C(F)=C(/C)F)N(N)/C(=N\N)c1cc(-c2cc(OC)c(OC)c(OC)c2)cnc1N.CC. The van der Waals surface area contributed by atoms with E-state index in [-0.39, 0.29) is 22.9 Å². The molecule has 1 aromatic carbocycles. The molecule has 190 valence electrons. The van der Waals surface area contributed by atoms with Crippen molar-refractivity contribution in [2.75, 3.05) is 27.1 Å². The Morgan fingerprint density at radius 1 is 1.06 bits per heavy atom. The Balaban J connectivity index is 0.00000298. The number of hydrazone groups is 1. The van der Waals surface area contributed by atoms with Crippen molar-refractivity contribution in [3.05, 3.63) is 66.0 Å². The molecule has 35 heavy (non-hydrogen) atoms. The second-order valence-corrected chi connectivity index (χ2v) is 6.53. The number of pyridine rings is 1. The van der Waals surface area contributed by atoms with Crippen molar-refractivity contribution in [1.82, 2.24) is 9.99 Å². The molecule has 0 saturated heterocycles. The number of nitrogens with two attached hydrogens (primary N) is 3. The average Bonchev–Trinajstić information content (AvgIpc) is 2.88. The Hall–Kier alpha value is -4.12. The minimum atomic E-state index is -1.22. The Morgan fingerprint density at radius 3 is 2.06 bits per heavy atom. The van der Waals surface area contributed by atoms with Gasteiger partial charge in [0, 0.05) is 11.8 Å². The number of hydrazine groups is 1. The summed E-state index contributed by atoms with van der Waals surface area (Å²) in [4.78, 5) is 4.17. The number of benzene rings is 1. The predicted octanol–water partition coefficient (Wildman–Crippen LogP) is 4.42. The van der Waals surface area contributed by atoms with Crippen molar-refractivity contribution in [2.45, 2.75) is 20.8 Å². The van der Waals surface area contributed by atoms with E-state index in [0.29, 0.717) is 28.4 Å². The summed E-state index contributed by atoms with van der Waals surface area (Å²) >= 11 is 0. The Labute approximate surface area is 204 Å². The van der Waals surface area contributed by atoms with Crippen molar-refractivity contribution in [3.8, 4) is 28.4 Å². The summed E-state index contributed by atoms with van der Waals surface area (Å²) < 4.78 is 44.1. The molecule has 0 fully saturated rings. The van der Waals surface area contributed by atoms with Crippen LogP contribution in [0.1, 0.15) is 26.3 Å². The standard InChI is InChI=1S/C22H26F2N6O3.C2H6/c1-6-7-16(19(24)12(2)23)30(27)22(29-26)15-8-14(11-28-21(15)25)13-9-17(31-3)20(33-5)18(10-13)32-4;1-2/h6-11H,1,26-27H2,2-5H3,(H2,25,28);1-2H3/b16-7+,19-12-,29-22-;. The molecule has 0 radical (unpaired) electrons. The van der Waals surface area contributed by atoms with Crippen LogP contribution in [-0.2, 0) is 0 Å². The van der Waals surface area contributed by atoms with E-state index in [4.69, 9.17) is 31.6 Å². The van der Waals surface area contributed by atoms with Gasteiger partial charge in [-0.1, -0.05) is 26.5 Å². The molecule has 2 aromatic rings. The van der Waals surface area contributed by atoms with Gasteiger partial charge >= 0.3 is 0 Å². The number of hydrogen-bond donors (Lipinski definition) is 3. The lowest BCUT2D eigenvalue weighted by molar-refractivity contribution is 0.324. The zero-order chi connectivity index (χ0) is 26.7. The molecule has 0 aliphatic rings. The highest BCUT2D eigenvalue weighted by molar-refractivity contribution is 6.04. The van der Waals surface area contributed by atoms with E-state index >= 15 is 0 Å². The Kier molecular flexibility index (Phi) is 11.2. The van der Waals surface area contributed by atoms with Crippen LogP contribution in [0.3, 0.4) is 0 Å². The summed E-state index contributed by atoms with van der Waals surface area (Å²) in [5, 5.41) is 4.39. The van der Waals surface area contributed by atoms with E-state index in [1.54, 1.807) is 18.2 Å². The highest BCUT2D eigenvalue weighted by Gasteiger charge is 2.23. The minimum Gasteiger partial charge on any atom is -0.493 e. The first kappa shape index (κ1) is 28.9. The molecule has 0 unspecified atom stereocenters.